The fraction of sp³-hybridized carbons (Fsp3) is 0.400. The number of carbonyl (C=O) groups excluding carboxylic acids is 1. The summed E-state index contributed by atoms with van der Waals surface area (Å²) in [6.45, 7) is 9.71. The Hall–Kier alpha value is -2.40. The highest BCUT2D eigenvalue weighted by molar-refractivity contribution is 6.04. The third kappa shape index (κ3) is 3.51. The molecule has 0 spiro atoms. The average Bonchev–Trinajstić information content (AvgIpc) is 3.26. The van der Waals surface area contributed by atoms with Crippen molar-refractivity contribution >= 4 is 23.0 Å². The van der Waals surface area contributed by atoms with Gasteiger partial charge < -0.3 is 15.5 Å². The Kier molecular flexibility index (Phi) is 5.34. The van der Waals surface area contributed by atoms with E-state index in [4.69, 9.17) is 4.98 Å². The summed E-state index contributed by atoms with van der Waals surface area (Å²) >= 11 is 0. The maximum absolute atomic E-state index is 11.9. The Morgan fingerprint density at radius 1 is 1.32 bits per heavy atom. The molecule has 1 aromatic heterocycles. The van der Waals surface area contributed by atoms with E-state index in [1.54, 1.807) is 6.08 Å². The van der Waals surface area contributed by atoms with Crippen molar-refractivity contribution in [3.8, 4) is 0 Å². The van der Waals surface area contributed by atoms with Crippen LogP contribution >= 0.6 is 0 Å². The minimum atomic E-state index is 0.00901. The van der Waals surface area contributed by atoms with Gasteiger partial charge in [0.05, 0.1) is 17.8 Å². The van der Waals surface area contributed by atoms with Crippen molar-refractivity contribution in [3.63, 3.8) is 0 Å². The topological polar surface area (TPSA) is 57.3 Å². The number of amides is 1. The van der Waals surface area contributed by atoms with Gasteiger partial charge in [-0.2, -0.15) is 0 Å². The first-order chi connectivity index (χ1) is 12.2. The van der Waals surface area contributed by atoms with Crippen LogP contribution in [0.2, 0.25) is 0 Å². The second-order valence-electron chi connectivity index (χ2n) is 6.25. The summed E-state index contributed by atoms with van der Waals surface area (Å²) in [6.07, 6.45) is 8.99. The van der Waals surface area contributed by atoms with Crippen LogP contribution in [0.5, 0.6) is 0 Å². The Bertz CT molecular complexity index is 722. The van der Waals surface area contributed by atoms with Gasteiger partial charge in [-0.15, -0.1) is 0 Å². The fourth-order valence-electron chi connectivity index (χ4n) is 3.64. The van der Waals surface area contributed by atoms with Gasteiger partial charge in [-0.1, -0.05) is 44.7 Å². The van der Waals surface area contributed by atoms with Crippen molar-refractivity contribution in [2.75, 3.05) is 23.3 Å². The number of anilines is 2. The van der Waals surface area contributed by atoms with E-state index in [0.717, 1.165) is 35.9 Å². The van der Waals surface area contributed by atoms with E-state index in [1.807, 2.05) is 44.2 Å². The number of fused-ring (bicyclic) bond motifs is 3. The van der Waals surface area contributed by atoms with Gasteiger partial charge in [0.15, 0.2) is 0 Å². The lowest BCUT2D eigenvalue weighted by Crippen LogP contribution is -2.44. The molecule has 0 aliphatic carbocycles. The molecule has 4 heterocycles. The number of nitrogens with zero attached hydrogens (tertiary/aromatic N) is 2. The molecule has 0 saturated carbocycles. The van der Waals surface area contributed by atoms with Crippen molar-refractivity contribution in [2.24, 2.45) is 0 Å². The summed E-state index contributed by atoms with van der Waals surface area (Å²) in [5.74, 6) is 1.02. The van der Waals surface area contributed by atoms with Crippen molar-refractivity contribution in [1.29, 1.82) is 0 Å². The van der Waals surface area contributed by atoms with Crippen LogP contribution in [0.1, 0.15) is 32.4 Å². The maximum atomic E-state index is 11.9. The maximum Gasteiger partial charge on any atom is 0.228 e. The zero-order valence-electron chi connectivity index (χ0n) is 15.0. The molecule has 0 aromatic carbocycles. The van der Waals surface area contributed by atoms with E-state index in [-0.39, 0.29) is 5.91 Å². The summed E-state index contributed by atoms with van der Waals surface area (Å²) in [6, 6.07) is 5.11. The monoisotopic (exact) mass is 338 g/mol. The quantitative estimate of drug-likeness (QED) is 0.832. The minimum absolute atomic E-state index is 0.00901. The molecule has 5 heteroatoms. The fourth-order valence-corrected chi connectivity index (χ4v) is 3.64. The first-order valence-electron chi connectivity index (χ1n) is 9.04. The lowest BCUT2D eigenvalue weighted by atomic mass is 10.0. The molecule has 132 valence electrons. The molecule has 5 nitrogen and oxygen atoms in total. The first-order valence-corrected chi connectivity index (χ1v) is 9.04. The molecule has 3 aliphatic rings. The Labute approximate surface area is 149 Å². The normalized spacial score (nSPS) is 25.6. The number of allylic oxidation sites excluding steroid dienone is 4. The molecule has 2 saturated heterocycles. The summed E-state index contributed by atoms with van der Waals surface area (Å²) in [5.41, 5.74) is 2.63. The highest BCUT2D eigenvalue weighted by Gasteiger charge is 2.38. The highest BCUT2D eigenvalue weighted by atomic mass is 16.1. The van der Waals surface area contributed by atoms with Gasteiger partial charge >= 0.3 is 0 Å². The average molecular weight is 338 g/mol. The van der Waals surface area contributed by atoms with Crippen LogP contribution in [-0.4, -0.2) is 36.1 Å². The molecule has 2 atom stereocenters. The molecule has 0 radical (unpaired) electrons. The van der Waals surface area contributed by atoms with Crippen molar-refractivity contribution in [1.82, 2.24) is 10.3 Å². The van der Waals surface area contributed by atoms with Gasteiger partial charge in [-0.3, -0.25) is 4.79 Å². The van der Waals surface area contributed by atoms with E-state index in [1.165, 1.54) is 6.42 Å². The number of piperazine rings is 1. The largest absolute Gasteiger partial charge is 0.351 e. The van der Waals surface area contributed by atoms with Crippen molar-refractivity contribution in [3.05, 3.63) is 48.7 Å². The molecule has 2 N–H and O–H groups in total. The summed E-state index contributed by atoms with van der Waals surface area (Å²) < 4.78 is 0. The van der Waals surface area contributed by atoms with Gasteiger partial charge in [0.1, 0.15) is 5.82 Å². The number of hydrogen-bond donors (Lipinski definition) is 2. The van der Waals surface area contributed by atoms with E-state index >= 15 is 0 Å². The molecule has 25 heavy (non-hydrogen) atoms. The zero-order valence-corrected chi connectivity index (χ0v) is 15.0. The number of nitrogens with one attached hydrogen (secondary N) is 2. The van der Waals surface area contributed by atoms with Crippen LogP contribution in [-0.2, 0) is 4.79 Å². The van der Waals surface area contributed by atoms with Gasteiger partial charge in [0, 0.05) is 25.2 Å². The van der Waals surface area contributed by atoms with E-state index < -0.39 is 0 Å². The Balaban J connectivity index is 0.000000880. The second kappa shape index (κ2) is 7.66. The third-order valence-electron chi connectivity index (χ3n) is 4.71. The van der Waals surface area contributed by atoms with E-state index in [9.17, 15) is 4.79 Å². The predicted octanol–water partition coefficient (Wildman–Crippen LogP) is 3.13. The molecule has 4 rings (SSSR count). The number of aromatic nitrogens is 1. The second-order valence-corrected chi connectivity index (χ2v) is 6.25. The van der Waals surface area contributed by atoms with Crippen molar-refractivity contribution in [2.45, 2.75) is 38.8 Å². The smallest absolute Gasteiger partial charge is 0.228 e. The number of rotatable bonds is 3. The third-order valence-corrected chi connectivity index (χ3v) is 4.71. The lowest BCUT2D eigenvalue weighted by Gasteiger charge is -2.30. The molecule has 1 aromatic rings. The van der Waals surface area contributed by atoms with Crippen LogP contribution in [0.25, 0.3) is 5.57 Å². The number of carbonyl (C=O) groups is 1. The standard InChI is InChI=1S/C18H20N4O.C2H6/c1-2-3-4-5-12-8-17(23)20-15-6-7-16(21-18(12)15)22-11-13-9-14(22)10-19-13;1-2/h2-7,13-14,19H,1,8-11H2,(H,20,23);1-2H3/b4-3-,12-5+;. The summed E-state index contributed by atoms with van der Waals surface area (Å²) in [4.78, 5) is 19.1. The Morgan fingerprint density at radius 3 is 2.84 bits per heavy atom. The molecule has 1 amide bonds. The lowest BCUT2D eigenvalue weighted by molar-refractivity contribution is -0.115. The number of pyridine rings is 1. The summed E-state index contributed by atoms with van der Waals surface area (Å²) in [7, 11) is 0. The molecular formula is C20H26N4O. The molecular weight excluding hydrogens is 312 g/mol. The van der Waals surface area contributed by atoms with Crippen LogP contribution in [0.4, 0.5) is 11.5 Å². The van der Waals surface area contributed by atoms with Crippen LogP contribution in [0.15, 0.2) is 43.0 Å². The van der Waals surface area contributed by atoms with Crippen LogP contribution < -0.4 is 15.5 Å². The van der Waals surface area contributed by atoms with Crippen LogP contribution in [0.3, 0.4) is 0 Å². The molecule has 2 fully saturated rings. The summed E-state index contributed by atoms with van der Waals surface area (Å²) in [5, 5.41) is 6.43. The van der Waals surface area contributed by atoms with Gasteiger partial charge in [0.25, 0.3) is 0 Å². The van der Waals surface area contributed by atoms with Gasteiger partial charge in [-0.05, 0) is 24.1 Å². The molecule has 2 bridgehead atoms. The van der Waals surface area contributed by atoms with E-state index in [2.05, 4.69) is 22.1 Å². The molecule has 3 aliphatic heterocycles. The predicted molar refractivity (Wildman–Crippen MR) is 104 cm³/mol. The first kappa shape index (κ1) is 17.4. The van der Waals surface area contributed by atoms with Gasteiger partial charge in [0.2, 0.25) is 5.91 Å². The molecule has 2 unspecified atom stereocenters. The number of hydrogen-bond acceptors (Lipinski definition) is 4. The van der Waals surface area contributed by atoms with Gasteiger partial charge in [-0.25, -0.2) is 4.98 Å². The van der Waals surface area contributed by atoms with E-state index in [0.29, 0.717) is 18.5 Å². The van der Waals surface area contributed by atoms with Crippen molar-refractivity contribution < 1.29 is 4.79 Å². The minimum Gasteiger partial charge on any atom is -0.351 e. The highest BCUT2D eigenvalue weighted by Crippen LogP contribution is 2.34. The zero-order chi connectivity index (χ0) is 17.8. The van der Waals surface area contributed by atoms with Crippen LogP contribution in [0, 0.1) is 0 Å². The Morgan fingerprint density at radius 2 is 2.16 bits per heavy atom. The SMILES string of the molecule is C=C/C=C\C=C1/CC(=O)Nc2ccc(N3CC4CC3CN4)nc21.CC.